The number of hydrogen-bond donors (Lipinski definition) is 4. The molecular weight excluding hydrogens is 669 g/mol. The Morgan fingerprint density at radius 2 is 1.98 bits per heavy atom. The van der Waals surface area contributed by atoms with Crippen LogP contribution in [0.5, 0.6) is 0 Å². The van der Waals surface area contributed by atoms with Crippen LogP contribution in [0.1, 0.15) is 75.7 Å². The second-order valence-electron chi connectivity index (χ2n) is 13.8. The molecular formula is C34H44N6O7S2. The van der Waals surface area contributed by atoms with Crippen molar-refractivity contribution in [2.75, 3.05) is 18.4 Å². The van der Waals surface area contributed by atoms with Crippen LogP contribution in [0.2, 0.25) is 0 Å². The number of rotatable bonds is 7. The highest BCUT2D eigenvalue weighted by Gasteiger charge is 2.63. The van der Waals surface area contributed by atoms with Crippen LogP contribution in [-0.4, -0.2) is 77.8 Å². The summed E-state index contributed by atoms with van der Waals surface area (Å²) in [5.74, 6) is -1.80. The van der Waals surface area contributed by atoms with E-state index in [1.807, 2.05) is 50.4 Å². The van der Waals surface area contributed by atoms with E-state index >= 15 is 0 Å². The number of amides is 5. The number of sulfonamides is 1. The van der Waals surface area contributed by atoms with Gasteiger partial charge in [-0.1, -0.05) is 31.6 Å². The molecule has 4 atom stereocenters. The van der Waals surface area contributed by atoms with Gasteiger partial charge in [-0.2, -0.15) is 0 Å². The number of hydrogen-bond acceptors (Lipinski definition) is 9. The number of allylic oxidation sites excluding steroid dienone is 1. The predicted molar refractivity (Wildman–Crippen MR) is 185 cm³/mol. The van der Waals surface area contributed by atoms with E-state index in [0.29, 0.717) is 25.1 Å². The molecule has 1 aromatic heterocycles. The van der Waals surface area contributed by atoms with Crippen molar-refractivity contribution in [1.82, 2.24) is 25.2 Å². The Morgan fingerprint density at radius 1 is 1.18 bits per heavy atom. The fraction of sp³-hybridized carbons (Fsp3) is 0.559. The molecule has 5 amide bonds. The molecule has 0 bridgehead atoms. The Bertz CT molecular complexity index is 1770. The maximum absolute atomic E-state index is 13.9. The lowest BCUT2D eigenvalue weighted by molar-refractivity contribution is -0.131. The Kier molecular flexibility index (Phi) is 9.77. The summed E-state index contributed by atoms with van der Waals surface area (Å²) >= 11 is 1.54. The Balaban J connectivity index is 1.19. The number of carbonyl (C=O) groups is 4. The summed E-state index contributed by atoms with van der Waals surface area (Å²) in [5.41, 5.74) is 0.733. The summed E-state index contributed by atoms with van der Waals surface area (Å²) in [5, 5.41) is 9.29. The van der Waals surface area contributed by atoms with Crippen LogP contribution in [0.3, 0.4) is 0 Å². The van der Waals surface area contributed by atoms with Gasteiger partial charge in [-0.3, -0.25) is 19.6 Å². The van der Waals surface area contributed by atoms with E-state index < -0.39 is 62.3 Å². The van der Waals surface area contributed by atoms with Crippen molar-refractivity contribution in [2.45, 2.75) is 101 Å². The lowest BCUT2D eigenvalue weighted by atomic mass is 10.1. The van der Waals surface area contributed by atoms with Crippen LogP contribution in [-0.2, 0) is 30.8 Å². The van der Waals surface area contributed by atoms with Gasteiger partial charge in [0.1, 0.15) is 22.7 Å². The molecule has 1 saturated heterocycles. The van der Waals surface area contributed by atoms with Gasteiger partial charge in [-0.15, -0.1) is 11.3 Å². The van der Waals surface area contributed by atoms with Gasteiger partial charge in [-0.25, -0.2) is 23.0 Å². The van der Waals surface area contributed by atoms with Crippen LogP contribution in [0, 0.1) is 12.8 Å². The maximum Gasteiger partial charge on any atom is 0.411 e. The highest BCUT2D eigenvalue weighted by Crippen LogP contribution is 2.47. The smallest absolute Gasteiger partial charge is 0.411 e. The normalized spacial score (nSPS) is 27.2. The third-order valence-corrected chi connectivity index (χ3v) is 13.3. The van der Waals surface area contributed by atoms with Crippen LogP contribution in [0.4, 0.5) is 15.3 Å². The molecule has 264 valence electrons. The molecule has 3 fully saturated rings. The highest BCUT2D eigenvalue weighted by molar-refractivity contribution is 7.91. The first-order valence-electron chi connectivity index (χ1n) is 17.0. The van der Waals surface area contributed by atoms with Crippen LogP contribution >= 0.6 is 11.3 Å². The van der Waals surface area contributed by atoms with Crippen LogP contribution < -0.4 is 20.7 Å². The van der Waals surface area contributed by atoms with Crippen molar-refractivity contribution in [3.8, 4) is 10.6 Å². The Morgan fingerprint density at radius 3 is 2.71 bits per heavy atom. The zero-order chi connectivity index (χ0) is 35.0. The number of fused-ring (bicyclic) bond motifs is 2. The van der Waals surface area contributed by atoms with Crippen molar-refractivity contribution in [1.29, 1.82) is 0 Å². The molecule has 0 unspecified atom stereocenters. The average molecular weight is 713 g/mol. The van der Waals surface area contributed by atoms with E-state index in [4.69, 9.17) is 4.74 Å². The number of aryl methyl sites for hydroxylation is 2. The first-order chi connectivity index (χ1) is 23.3. The molecule has 2 aliphatic heterocycles. The van der Waals surface area contributed by atoms with Crippen LogP contribution in [0.15, 0.2) is 36.5 Å². The lowest BCUT2D eigenvalue weighted by Gasteiger charge is -2.27. The zero-order valence-electron chi connectivity index (χ0n) is 28.0. The van der Waals surface area contributed by atoms with Gasteiger partial charge in [0.05, 0.1) is 17.0 Å². The SMILES string of the molecule is CCc1cnc(-c2ccc(C)cc2NC(=O)O[C@@H]2C[C@H]3C(=O)N[C@]4(C(=O)NS(=O)(=O)C5(C)CC5)C[C@@H]4/C=C\CCCCCNC(=O)N3C2)s1. The number of nitrogens with one attached hydrogen (secondary N) is 4. The Hall–Kier alpha value is -3.98. The maximum atomic E-state index is 13.9. The lowest BCUT2D eigenvalue weighted by Crippen LogP contribution is -2.57. The van der Waals surface area contributed by atoms with Crippen molar-refractivity contribution in [3.63, 3.8) is 0 Å². The van der Waals surface area contributed by atoms with Gasteiger partial charge in [-0.05, 0) is 76.5 Å². The van der Waals surface area contributed by atoms with Gasteiger partial charge >= 0.3 is 12.1 Å². The molecule has 13 nitrogen and oxygen atoms in total. The second kappa shape index (κ2) is 13.7. The first kappa shape index (κ1) is 34.9. The van der Waals surface area contributed by atoms with Gasteiger partial charge in [0.25, 0.3) is 5.91 Å². The number of nitrogens with zero attached hydrogens (tertiary/aromatic N) is 2. The standard InChI is InChI=1S/C34H44N6O7S2/c1-4-24-19-36-29(48-24)25-12-11-21(2)16-26(25)37-32(44)47-23-17-27-28(41)38-34(30(42)39-49(45,46)33(3)13-14-33)18-22(34)10-8-6-5-7-9-15-35-31(43)40(27)20-23/h8,10-12,16,19,22-23,27H,4-7,9,13-15,17-18,20H2,1-3H3,(H,35,43)(H,37,44)(H,38,41)(H,39,42)/b10-8-/t22-,23+,27-,34+/m0/s1. The molecule has 0 radical (unpaired) electrons. The van der Waals surface area contributed by atoms with Gasteiger partial charge < -0.3 is 20.3 Å². The minimum absolute atomic E-state index is 0.00569. The number of anilines is 1. The number of ether oxygens (including phenoxy) is 1. The minimum Gasteiger partial charge on any atom is -0.444 e. The minimum atomic E-state index is -3.95. The topological polar surface area (TPSA) is 176 Å². The molecule has 6 rings (SSSR count). The molecule has 1 aromatic carbocycles. The summed E-state index contributed by atoms with van der Waals surface area (Å²) < 4.78 is 33.0. The molecule has 4 aliphatic rings. The third kappa shape index (κ3) is 7.47. The van der Waals surface area contributed by atoms with Gasteiger partial charge in [0, 0.05) is 35.5 Å². The van der Waals surface area contributed by atoms with Crippen molar-refractivity contribution in [2.24, 2.45) is 5.92 Å². The third-order valence-electron chi connectivity index (χ3n) is 9.93. The van der Waals surface area contributed by atoms with E-state index in [-0.39, 0.29) is 19.4 Å². The van der Waals surface area contributed by atoms with Crippen molar-refractivity contribution < 1.29 is 32.3 Å². The summed E-state index contributed by atoms with van der Waals surface area (Å²) in [7, 11) is -3.95. The summed E-state index contributed by atoms with van der Waals surface area (Å²) in [4.78, 5) is 61.1. The summed E-state index contributed by atoms with van der Waals surface area (Å²) in [6.45, 7) is 5.92. The fourth-order valence-corrected chi connectivity index (χ4v) is 8.58. The quantitative estimate of drug-likeness (QED) is 0.306. The number of carbonyl (C=O) groups excluding carboxylic acids is 4. The van der Waals surface area contributed by atoms with E-state index in [0.717, 1.165) is 53.1 Å². The second-order valence-corrected chi connectivity index (χ2v) is 17.1. The van der Waals surface area contributed by atoms with E-state index in [1.165, 1.54) is 4.90 Å². The highest BCUT2D eigenvalue weighted by atomic mass is 32.2. The van der Waals surface area contributed by atoms with Crippen LogP contribution in [0.25, 0.3) is 10.6 Å². The van der Waals surface area contributed by atoms with E-state index in [2.05, 4.69) is 25.7 Å². The molecule has 2 aromatic rings. The van der Waals surface area contributed by atoms with Gasteiger partial charge in [0.15, 0.2) is 0 Å². The molecule has 2 saturated carbocycles. The predicted octanol–water partition coefficient (Wildman–Crippen LogP) is 4.39. The molecule has 15 heteroatoms. The fourth-order valence-electron chi connectivity index (χ4n) is 6.38. The summed E-state index contributed by atoms with van der Waals surface area (Å²) in [6, 6.07) is 4.12. The summed E-state index contributed by atoms with van der Waals surface area (Å²) in [6.07, 6.45) is 9.30. The van der Waals surface area contributed by atoms with Crippen molar-refractivity contribution in [3.05, 3.63) is 47.0 Å². The first-order valence-corrected chi connectivity index (χ1v) is 19.3. The molecule has 4 N–H and O–H groups in total. The molecule has 3 heterocycles. The Labute approximate surface area is 290 Å². The number of urea groups is 1. The molecule has 2 aliphatic carbocycles. The zero-order valence-corrected chi connectivity index (χ0v) is 29.7. The number of aromatic nitrogens is 1. The average Bonchev–Trinajstić information content (AvgIpc) is 3.83. The number of thiazole rings is 1. The largest absolute Gasteiger partial charge is 0.444 e. The molecule has 49 heavy (non-hydrogen) atoms. The number of benzene rings is 1. The van der Waals surface area contributed by atoms with Crippen molar-refractivity contribution >= 4 is 51.0 Å². The van der Waals surface area contributed by atoms with E-state index in [9.17, 15) is 27.6 Å². The molecule has 0 spiro atoms. The monoisotopic (exact) mass is 712 g/mol. The van der Waals surface area contributed by atoms with E-state index in [1.54, 1.807) is 18.3 Å². The van der Waals surface area contributed by atoms with Gasteiger partial charge in [0.2, 0.25) is 15.9 Å².